The Labute approximate surface area is 153 Å². The Hall–Kier alpha value is -3.02. The maximum atomic E-state index is 11.8. The molecule has 0 aromatic heterocycles. The fourth-order valence-corrected chi connectivity index (χ4v) is 2.28. The molecular weight excluding hydrogens is 334 g/mol. The van der Waals surface area contributed by atoms with Crippen LogP contribution in [0.25, 0.3) is 0 Å². The van der Waals surface area contributed by atoms with Crippen LogP contribution in [0.5, 0.6) is 11.5 Å². The Morgan fingerprint density at radius 3 is 2.35 bits per heavy atom. The summed E-state index contributed by atoms with van der Waals surface area (Å²) in [5, 5.41) is 2.63. The number of rotatable bonds is 8. The highest BCUT2D eigenvalue weighted by Crippen LogP contribution is 2.25. The largest absolute Gasteiger partial charge is 0.497 e. The number of ether oxygens (including phenoxy) is 3. The molecule has 1 amide bonds. The molecule has 6 heteroatoms. The third-order valence-corrected chi connectivity index (χ3v) is 3.62. The average Bonchev–Trinajstić information content (AvgIpc) is 2.65. The van der Waals surface area contributed by atoms with E-state index in [1.54, 1.807) is 37.4 Å². The van der Waals surface area contributed by atoms with Gasteiger partial charge in [-0.05, 0) is 41.8 Å². The molecule has 26 heavy (non-hydrogen) atoms. The fourth-order valence-electron chi connectivity index (χ4n) is 2.28. The standard InChI is InChI=1S/C20H23NO5/c1-14(2)17-6-4-5-7-18(17)25-13-20(23)26-12-19(22)21-15-8-10-16(24-3)11-9-15/h4-11,14H,12-13H2,1-3H3,(H,21,22). The summed E-state index contributed by atoms with van der Waals surface area (Å²) >= 11 is 0. The van der Waals surface area contributed by atoms with Crippen molar-refractivity contribution in [2.24, 2.45) is 0 Å². The van der Waals surface area contributed by atoms with Gasteiger partial charge in [0.05, 0.1) is 7.11 Å². The number of amides is 1. The lowest BCUT2D eigenvalue weighted by Crippen LogP contribution is -2.23. The summed E-state index contributed by atoms with van der Waals surface area (Å²) in [4.78, 5) is 23.6. The fraction of sp³-hybridized carbons (Fsp3) is 0.300. The predicted octanol–water partition coefficient (Wildman–Crippen LogP) is 3.38. The lowest BCUT2D eigenvalue weighted by molar-refractivity contribution is -0.149. The molecule has 2 rings (SSSR count). The molecule has 2 aromatic rings. The molecule has 0 heterocycles. The van der Waals surface area contributed by atoms with Crippen LogP contribution < -0.4 is 14.8 Å². The normalized spacial score (nSPS) is 10.3. The second-order valence-electron chi connectivity index (χ2n) is 5.92. The van der Waals surface area contributed by atoms with Crippen molar-refractivity contribution in [2.75, 3.05) is 25.6 Å². The van der Waals surface area contributed by atoms with Crippen LogP contribution in [0.3, 0.4) is 0 Å². The van der Waals surface area contributed by atoms with Gasteiger partial charge in [-0.3, -0.25) is 4.79 Å². The lowest BCUT2D eigenvalue weighted by atomic mass is 10.0. The van der Waals surface area contributed by atoms with E-state index in [2.05, 4.69) is 5.32 Å². The van der Waals surface area contributed by atoms with Gasteiger partial charge in [0.1, 0.15) is 11.5 Å². The van der Waals surface area contributed by atoms with Gasteiger partial charge in [0.15, 0.2) is 13.2 Å². The molecule has 0 aliphatic rings. The molecule has 0 aliphatic carbocycles. The third kappa shape index (κ3) is 5.81. The van der Waals surface area contributed by atoms with Gasteiger partial charge in [0.2, 0.25) is 0 Å². The van der Waals surface area contributed by atoms with E-state index in [0.717, 1.165) is 5.56 Å². The summed E-state index contributed by atoms with van der Waals surface area (Å²) in [5.41, 5.74) is 1.60. The van der Waals surface area contributed by atoms with Gasteiger partial charge in [-0.1, -0.05) is 32.0 Å². The van der Waals surface area contributed by atoms with Crippen molar-refractivity contribution in [3.8, 4) is 11.5 Å². The SMILES string of the molecule is COc1ccc(NC(=O)COC(=O)COc2ccccc2C(C)C)cc1. The van der Waals surface area contributed by atoms with Crippen molar-refractivity contribution < 1.29 is 23.8 Å². The zero-order chi connectivity index (χ0) is 18.9. The van der Waals surface area contributed by atoms with Gasteiger partial charge in [0, 0.05) is 5.69 Å². The number of hydrogen-bond acceptors (Lipinski definition) is 5. The van der Waals surface area contributed by atoms with Crippen molar-refractivity contribution in [3.05, 3.63) is 54.1 Å². The minimum absolute atomic E-state index is 0.250. The minimum atomic E-state index is -0.603. The average molecular weight is 357 g/mol. The zero-order valence-electron chi connectivity index (χ0n) is 15.2. The number of esters is 1. The molecule has 2 aromatic carbocycles. The number of nitrogens with one attached hydrogen (secondary N) is 1. The monoisotopic (exact) mass is 357 g/mol. The Balaban J connectivity index is 1.77. The lowest BCUT2D eigenvalue weighted by Gasteiger charge is -2.13. The summed E-state index contributed by atoms with van der Waals surface area (Å²) in [5.74, 6) is 0.576. The highest BCUT2D eigenvalue weighted by molar-refractivity contribution is 5.92. The van der Waals surface area contributed by atoms with Crippen LogP contribution >= 0.6 is 0 Å². The Kier molecular flexibility index (Phi) is 7.02. The van der Waals surface area contributed by atoms with E-state index < -0.39 is 11.9 Å². The van der Waals surface area contributed by atoms with Crippen LogP contribution in [0.15, 0.2) is 48.5 Å². The van der Waals surface area contributed by atoms with Crippen LogP contribution in [0.2, 0.25) is 0 Å². The maximum absolute atomic E-state index is 11.8. The number of para-hydroxylation sites is 1. The summed E-state index contributed by atoms with van der Waals surface area (Å²) in [7, 11) is 1.56. The molecule has 0 radical (unpaired) electrons. The van der Waals surface area contributed by atoms with Crippen molar-refractivity contribution in [1.29, 1.82) is 0 Å². The minimum Gasteiger partial charge on any atom is -0.497 e. The highest BCUT2D eigenvalue weighted by Gasteiger charge is 2.11. The van der Waals surface area contributed by atoms with Crippen molar-refractivity contribution in [3.63, 3.8) is 0 Å². The first-order valence-corrected chi connectivity index (χ1v) is 8.31. The molecule has 0 spiro atoms. The van der Waals surface area contributed by atoms with Gasteiger partial charge < -0.3 is 19.5 Å². The van der Waals surface area contributed by atoms with Gasteiger partial charge in [-0.2, -0.15) is 0 Å². The number of hydrogen-bond donors (Lipinski definition) is 1. The zero-order valence-corrected chi connectivity index (χ0v) is 15.2. The van der Waals surface area contributed by atoms with Crippen LogP contribution in [-0.2, 0) is 14.3 Å². The molecule has 0 unspecified atom stereocenters. The van der Waals surface area contributed by atoms with Gasteiger partial charge in [-0.25, -0.2) is 4.79 Å². The molecule has 0 atom stereocenters. The van der Waals surface area contributed by atoms with Gasteiger partial charge in [0.25, 0.3) is 5.91 Å². The van der Waals surface area contributed by atoms with E-state index >= 15 is 0 Å². The topological polar surface area (TPSA) is 73.9 Å². The maximum Gasteiger partial charge on any atom is 0.344 e. The van der Waals surface area contributed by atoms with E-state index in [1.807, 2.05) is 32.0 Å². The summed E-state index contributed by atoms with van der Waals surface area (Å²) in [6, 6.07) is 14.4. The summed E-state index contributed by atoms with van der Waals surface area (Å²) in [6.45, 7) is 3.47. The van der Waals surface area contributed by atoms with Crippen LogP contribution in [0.4, 0.5) is 5.69 Å². The van der Waals surface area contributed by atoms with Gasteiger partial charge in [-0.15, -0.1) is 0 Å². The van der Waals surface area contributed by atoms with E-state index in [4.69, 9.17) is 14.2 Å². The van der Waals surface area contributed by atoms with Crippen molar-refractivity contribution in [2.45, 2.75) is 19.8 Å². The van der Waals surface area contributed by atoms with Crippen molar-refractivity contribution >= 4 is 17.6 Å². The Morgan fingerprint density at radius 2 is 1.69 bits per heavy atom. The third-order valence-electron chi connectivity index (χ3n) is 3.62. The second-order valence-corrected chi connectivity index (χ2v) is 5.92. The number of benzene rings is 2. The molecule has 0 bridgehead atoms. The van der Waals surface area contributed by atoms with Crippen LogP contribution in [-0.4, -0.2) is 32.2 Å². The van der Waals surface area contributed by atoms with Crippen LogP contribution in [0, 0.1) is 0 Å². The number of methoxy groups -OCH3 is 1. The molecular formula is C20H23NO5. The predicted molar refractivity (Wildman–Crippen MR) is 98.6 cm³/mol. The van der Waals surface area contributed by atoms with Crippen molar-refractivity contribution in [1.82, 2.24) is 0 Å². The molecule has 0 aliphatic heterocycles. The molecule has 138 valence electrons. The number of carbonyl (C=O) groups is 2. The van der Waals surface area contributed by atoms with E-state index in [0.29, 0.717) is 17.2 Å². The molecule has 0 saturated heterocycles. The highest BCUT2D eigenvalue weighted by atomic mass is 16.6. The molecule has 0 saturated carbocycles. The Morgan fingerprint density at radius 1 is 1.00 bits per heavy atom. The first-order valence-electron chi connectivity index (χ1n) is 8.31. The van der Waals surface area contributed by atoms with Crippen LogP contribution in [0.1, 0.15) is 25.3 Å². The second kappa shape index (κ2) is 9.46. The van der Waals surface area contributed by atoms with Gasteiger partial charge >= 0.3 is 5.97 Å². The first-order chi connectivity index (χ1) is 12.5. The molecule has 6 nitrogen and oxygen atoms in total. The molecule has 0 fully saturated rings. The quantitative estimate of drug-likeness (QED) is 0.733. The first kappa shape index (κ1) is 19.3. The Bertz CT molecular complexity index is 740. The van der Waals surface area contributed by atoms with E-state index in [1.165, 1.54) is 0 Å². The number of anilines is 1. The smallest absolute Gasteiger partial charge is 0.344 e. The summed E-state index contributed by atoms with van der Waals surface area (Å²) in [6.07, 6.45) is 0. The number of carbonyl (C=O) groups excluding carboxylic acids is 2. The molecule has 1 N–H and O–H groups in total. The summed E-state index contributed by atoms with van der Waals surface area (Å²) < 4.78 is 15.5. The van der Waals surface area contributed by atoms with E-state index in [-0.39, 0.29) is 19.1 Å². The van der Waals surface area contributed by atoms with E-state index in [9.17, 15) is 9.59 Å².